The Hall–Kier alpha value is -2.13. The van der Waals surface area contributed by atoms with Crippen molar-refractivity contribution in [3.05, 3.63) is 52.9 Å². The lowest BCUT2D eigenvalue weighted by Gasteiger charge is -2.33. The third-order valence-corrected chi connectivity index (χ3v) is 8.74. The fraction of sp³-hybridized carbons (Fsp3) is 0.320. The number of anilines is 1. The summed E-state index contributed by atoms with van der Waals surface area (Å²) in [6.45, 7) is 4.94. The predicted molar refractivity (Wildman–Crippen MR) is 140 cm³/mol. The Morgan fingerprint density at radius 1 is 1.21 bits per heavy atom. The number of benzene rings is 2. The zero-order valence-electron chi connectivity index (χ0n) is 18.8. The summed E-state index contributed by atoms with van der Waals surface area (Å²) in [6.07, 6.45) is 3.77. The largest absolute Gasteiger partial charge is 0.369 e. The molecule has 33 heavy (non-hydrogen) atoms. The van der Waals surface area contributed by atoms with Crippen LogP contribution in [0.2, 0.25) is 0 Å². The smallest absolute Gasteiger partial charge is 0.234 e. The Morgan fingerprint density at radius 2 is 2.03 bits per heavy atom. The van der Waals surface area contributed by atoms with Gasteiger partial charge in [-0.3, -0.25) is 4.79 Å². The molecule has 0 saturated heterocycles. The number of amides is 1. The van der Waals surface area contributed by atoms with E-state index in [9.17, 15) is 4.79 Å². The second-order valence-electron chi connectivity index (χ2n) is 8.33. The lowest BCUT2D eigenvalue weighted by atomic mass is 9.90. The van der Waals surface area contributed by atoms with Gasteiger partial charge in [0.15, 0.2) is 5.16 Å². The van der Waals surface area contributed by atoms with Crippen molar-refractivity contribution in [3.8, 4) is 0 Å². The minimum atomic E-state index is -0.174. The number of aromatic nitrogens is 2. The molecule has 5 nitrogen and oxygen atoms in total. The summed E-state index contributed by atoms with van der Waals surface area (Å²) in [7, 11) is 0. The number of carbonyl (C=O) groups excluding carboxylic acids is 1. The Labute approximate surface area is 205 Å². The van der Waals surface area contributed by atoms with Crippen LogP contribution in [0, 0.1) is 0 Å². The molecule has 1 unspecified atom stereocenters. The van der Waals surface area contributed by atoms with Crippen LogP contribution in [0.3, 0.4) is 0 Å². The molecule has 1 aliphatic heterocycles. The molecule has 1 aliphatic rings. The predicted octanol–water partition coefficient (Wildman–Crippen LogP) is 6.54. The summed E-state index contributed by atoms with van der Waals surface area (Å²) in [5.74, 6) is 0.245. The highest BCUT2D eigenvalue weighted by Gasteiger charge is 2.33. The Morgan fingerprint density at radius 3 is 2.85 bits per heavy atom. The highest BCUT2D eigenvalue weighted by Crippen LogP contribution is 2.43. The minimum absolute atomic E-state index is 0.0420. The number of ether oxygens (including phenoxy) is 1. The first-order valence-electron chi connectivity index (χ1n) is 10.9. The van der Waals surface area contributed by atoms with E-state index < -0.39 is 0 Å². The number of thiophene rings is 1. The van der Waals surface area contributed by atoms with E-state index in [-0.39, 0.29) is 17.3 Å². The van der Waals surface area contributed by atoms with Crippen LogP contribution in [-0.4, -0.2) is 33.5 Å². The molecule has 3 heterocycles. The van der Waals surface area contributed by atoms with Crippen LogP contribution in [0.15, 0.2) is 52.6 Å². The molecule has 0 fully saturated rings. The van der Waals surface area contributed by atoms with Crippen LogP contribution in [-0.2, 0) is 22.6 Å². The normalized spacial score (nSPS) is 17.9. The first-order chi connectivity index (χ1) is 16.0. The maximum absolute atomic E-state index is 12.9. The number of fused-ring (bicyclic) bond motifs is 4. The van der Waals surface area contributed by atoms with Crippen molar-refractivity contribution in [2.75, 3.05) is 17.3 Å². The number of rotatable bonds is 6. The standard InChI is InChI=1S/C25H25N3O2S3/c1-4-25(2)12-17-19(13-30-25)33-23-21(17)22(27-24(28-23)31-3)32-14-20(29)26-18-11-7-9-15-8-5-6-10-16(15)18/h5-11H,4,12-14H2,1-3H3,(H,26,29). The first kappa shape index (κ1) is 22.7. The second kappa shape index (κ2) is 9.25. The van der Waals surface area contributed by atoms with Gasteiger partial charge in [0.1, 0.15) is 9.86 Å². The highest BCUT2D eigenvalue weighted by atomic mass is 32.2. The zero-order chi connectivity index (χ0) is 23.0. The van der Waals surface area contributed by atoms with E-state index in [0.717, 1.165) is 49.7 Å². The van der Waals surface area contributed by atoms with Gasteiger partial charge in [0, 0.05) is 27.8 Å². The highest BCUT2D eigenvalue weighted by molar-refractivity contribution is 8.00. The molecule has 0 radical (unpaired) electrons. The zero-order valence-corrected chi connectivity index (χ0v) is 21.3. The van der Waals surface area contributed by atoms with E-state index in [4.69, 9.17) is 14.7 Å². The summed E-state index contributed by atoms with van der Waals surface area (Å²) in [6, 6.07) is 14.0. The van der Waals surface area contributed by atoms with Crippen molar-refractivity contribution < 1.29 is 9.53 Å². The topological polar surface area (TPSA) is 64.1 Å². The molecule has 0 bridgehead atoms. The van der Waals surface area contributed by atoms with Gasteiger partial charge < -0.3 is 10.1 Å². The molecule has 4 aromatic rings. The number of hydrogen-bond donors (Lipinski definition) is 1. The molecule has 1 amide bonds. The molecule has 1 atom stereocenters. The maximum Gasteiger partial charge on any atom is 0.234 e. The van der Waals surface area contributed by atoms with Gasteiger partial charge >= 0.3 is 0 Å². The average Bonchev–Trinajstić information content (AvgIpc) is 3.20. The van der Waals surface area contributed by atoms with E-state index in [2.05, 4.69) is 31.3 Å². The van der Waals surface area contributed by atoms with Crippen molar-refractivity contribution in [3.63, 3.8) is 0 Å². The number of carbonyl (C=O) groups is 1. The van der Waals surface area contributed by atoms with Gasteiger partial charge in [-0.25, -0.2) is 9.97 Å². The molecule has 2 aromatic carbocycles. The summed E-state index contributed by atoms with van der Waals surface area (Å²) in [4.78, 5) is 24.7. The number of thioether (sulfide) groups is 2. The minimum Gasteiger partial charge on any atom is -0.369 e. The number of nitrogens with zero attached hydrogens (tertiary/aromatic N) is 2. The van der Waals surface area contributed by atoms with Crippen LogP contribution in [0.4, 0.5) is 5.69 Å². The number of hydrogen-bond acceptors (Lipinski definition) is 7. The molecule has 5 rings (SSSR count). The van der Waals surface area contributed by atoms with Gasteiger partial charge in [-0.1, -0.05) is 66.8 Å². The van der Waals surface area contributed by atoms with E-state index in [1.54, 1.807) is 11.3 Å². The van der Waals surface area contributed by atoms with E-state index >= 15 is 0 Å². The van der Waals surface area contributed by atoms with Crippen LogP contribution in [0.5, 0.6) is 0 Å². The van der Waals surface area contributed by atoms with Crippen LogP contribution >= 0.6 is 34.9 Å². The molecule has 2 aromatic heterocycles. The second-order valence-corrected chi connectivity index (χ2v) is 11.2. The summed E-state index contributed by atoms with van der Waals surface area (Å²) < 4.78 is 6.15. The van der Waals surface area contributed by atoms with Crippen molar-refractivity contribution in [2.45, 2.75) is 49.1 Å². The quantitative estimate of drug-likeness (QED) is 0.186. The van der Waals surface area contributed by atoms with Gasteiger partial charge in [-0.05, 0) is 36.6 Å². The summed E-state index contributed by atoms with van der Waals surface area (Å²) in [5, 5.41) is 7.95. The Bertz CT molecular complexity index is 1350. The van der Waals surface area contributed by atoms with Crippen LogP contribution in [0.25, 0.3) is 21.0 Å². The van der Waals surface area contributed by atoms with Gasteiger partial charge in [-0.15, -0.1) is 11.3 Å². The average molecular weight is 496 g/mol. The van der Waals surface area contributed by atoms with E-state index in [1.165, 1.54) is 34.0 Å². The van der Waals surface area contributed by atoms with E-state index in [0.29, 0.717) is 6.61 Å². The van der Waals surface area contributed by atoms with Gasteiger partial charge in [0.05, 0.1) is 18.0 Å². The maximum atomic E-state index is 12.9. The molecule has 8 heteroatoms. The monoisotopic (exact) mass is 495 g/mol. The fourth-order valence-corrected chi connectivity index (χ4v) is 6.60. The first-order valence-corrected chi connectivity index (χ1v) is 13.9. The molecule has 0 saturated carbocycles. The lowest BCUT2D eigenvalue weighted by Crippen LogP contribution is -2.33. The fourth-order valence-electron chi connectivity index (χ4n) is 4.10. The Kier molecular flexibility index (Phi) is 6.35. The molecular formula is C25H25N3O2S3. The lowest BCUT2D eigenvalue weighted by molar-refractivity contribution is -0.113. The molecule has 170 valence electrons. The van der Waals surface area contributed by atoms with Crippen molar-refractivity contribution in [2.24, 2.45) is 0 Å². The van der Waals surface area contributed by atoms with E-state index in [1.807, 2.05) is 36.6 Å². The van der Waals surface area contributed by atoms with Crippen LogP contribution < -0.4 is 5.32 Å². The summed E-state index contributed by atoms with van der Waals surface area (Å²) in [5.41, 5.74) is 1.95. The third-order valence-electron chi connectivity index (χ3n) is 6.12. The molecule has 0 aliphatic carbocycles. The third kappa shape index (κ3) is 4.49. The number of nitrogens with one attached hydrogen (secondary N) is 1. The summed E-state index contributed by atoms with van der Waals surface area (Å²) >= 11 is 4.70. The SMILES string of the molecule is CCC1(C)Cc2c(sc3nc(SC)nc(SCC(=O)Nc4cccc5ccccc45)c23)CO1. The Balaban J connectivity index is 1.42. The molecule has 1 N–H and O–H groups in total. The van der Waals surface area contributed by atoms with Crippen molar-refractivity contribution >= 4 is 67.4 Å². The van der Waals surface area contributed by atoms with Gasteiger partial charge in [0.2, 0.25) is 5.91 Å². The molecular weight excluding hydrogens is 470 g/mol. The van der Waals surface area contributed by atoms with Crippen molar-refractivity contribution in [1.82, 2.24) is 9.97 Å². The van der Waals surface area contributed by atoms with Crippen molar-refractivity contribution in [1.29, 1.82) is 0 Å². The van der Waals surface area contributed by atoms with Gasteiger partial charge in [-0.2, -0.15) is 0 Å². The van der Waals surface area contributed by atoms with Gasteiger partial charge in [0.25, 0.3) is 0 Å². The molecule has 0 spiro atoms. The van der Waals surface area contributed by atoms with Crippen LogP contribution in [0.1, 0.15) is 30.7 Å².